The number of aromatic hydroxyl groups is 2. The van der Waals surface area contributed by atoms with Crippen molar-refractivity contribution in [2.75, 3.05) is 26.2 Å². The Morgan fingerprint density at radius 3 is 2.23 bits per heavy atom. The molecule has 0 unspecified atom stereocenters. The number of phenols is 2. The third-order valence-electron chi connectivity index (χ3n) is 3.57. The topological polar surface area (TPSA) is 55.7 Å². The van der Waals surface area contributed by atoms with E-state index in [1.807, 2.05) is 6.07 Å². The van der Waals surface area contributed by atoms with Gasteiger partial charge in [0.25, 0.3) is 0 Å². The number of hydrogen-bond acceptors (Lipinski definition) is 5. The first kappa shape index (κ1) is 19.1. The number of nitrogens with one attached hydrogen (secondary N) is 1. The number of benzene rings is 1. The minimum atomic E-state index is 0. The zero-order valence-electron chi connectivity index (χ0n) is 11.9. The van der Waals surface area contributed by atoms with E-state index in [0.29, 0.717) is 0 Å². The van der Waals surface area contributed by atoms with E-state index in [-0.39, 0.29) is 42.4 Å². The van der Waals surface area contributed by atoms with Crippen molar-refractivity contribution < 1.29 is 10.2 Å². The van der Waals surface area contributed by atoms with Gasteiger partial charge >= 0.3 is 0 Å². The molecule has 0 amide bonds. The quantitative estimate of drug-likeness (QED) is 0.785. The summed E-state index contributed by atoms with van der Waals surface area (Å²) in [4.78, 5) is 3.62. The van der Waals surface area contributed by atoms with Gasteiger partial charge < -0.3 is 15.5 Å². The van der Waals surface area contributed by atoms with Crippen LogP contribution < -0.4 is 5.32 Å². The van der Waals surface area contributed by atoms with Crippen molar-refractivity contribution in [3.8, 4) is 11.5 Å². The number of nitrogens with zero attached hydrogens (tertiary/aromatic N) is 1. The Balaban J connectivity index is 0.00000121. The Morgan fingerprint density at radius 1 is 1.05 bits per heavy atom. The average molecular weight is 363 g/mol. The smallest absolute Gasteiger partial charge is 0.119 e. The Hall–Kier alpha value is -0.980. The summed E-state index contributed by atoms with van der Waals surface area (Å²) in [5.41, 5.74) is 0.937. The van der Waals surface area contributed by atoms with Crippen LogP contribution in [0.2, 0.25) is 0 Å². The molecule has 0 aliphatic carbocycles. The molecule has 1 aliphatic rings. The van der Waals surface area contributed by atoms with Gasteiger partial charge in [-0.2, -0.15) is 0 Å². The lowest BCUT2D eigenvalue weighted by molar-refractivity contribution is 0.200. The van der Waals surface area contributed by atoms with Crippen LogP contribution in [-0.4, -0.2) is 41.3 Å². The standard InChI is InChI=1S/C15H18N2O2S.2ClH/c18-12-8-11(9-13(19)10-12)15(14-2-1-7-20-14)17-5-3-16-4-6-17;;/h1-2,7-10,15-16,18-19H,3-6H2;2*1H/t15-;;/m1../s1. The number of rotatable bonds is 3. The van der Waals surface area contributed by atoms with E-state index >= 15 is 0 Å². The van der Waals surface area contributed by atoms with E-state index in [4.69, 9.17) is 0 Å². The molecular formula is C15H20Cl2N2O2S. The first-order valence-electron chi connectivity index (χ1n) is 6.75. The number of phenolic OH excluding ortho intramolecular Hbond substituents is 2. The van der Waals surface area contributed by atoms with Crippen molar-refractivity contribution in [1.82, 2.24) is 10.2 Å². The van der Waals surface area contributed by atoms with Gasteiger partial charge in [-0.05, 0) is 29.1 Å². The van der Waals surface area contributed by atoms with Crippen molar-refractivity contribution in [1.29, 1.82) is 0 Å². The van der Waals surface area contributed by atoms with Gasteiger partial charge in [0.05, 0.1) is 6.04 Å². The molecule has 22 heavy (non-hydrogen) atoms. The second kappa shape index (κ2) is 8.60. The summed E-state index contributed by atoms with van der Waals surface area (Å²) in [6.07, 6.45) is 0. The van der Waals surface area contributed by atoms with Gasteiger partial charge in [-0.25, -0.2) is 0 Å². The third-order valence-corrected chi connectivity index (χ3v) is 4.49. The van der Waals surface area contributed by atoms with Gasteiger partial charge in [0.2, 0.25) is 0 Å². The number of halogens is 2. The van der Waals surface area contributed by atoms with E-state index in [1.165, 1.54) is 10.9 Å². The maximum Gasteiger partial charge on any atom is 0.119 e. The molecule has 0 saturated carbocycles. The van der Waals surface area contributed by atoms with E-state index < -0.39 is 0 Å². The van der Waals surface area contributed by atoms with Crippen molar-refractivity contribution >= 4 is 36.2 Å². The maximum atomic E-state index is 9.75. The molecule has 7 heteroatoms. The minimum Gasteiger partial charge on any atom is -0.508 e. The van der Waals surface area contributed by atoms with E-state index in [1.54, 1.807) is 23.5 Å². The van der Waals surface area contributed by atoms with Crippen LogP contribution in [0.3, 0.4) is 0 Å². The molecule has 0 radical (unpaired) electrons. The van der Waals surface area contributed by atoms with Crippen LogP contribution in [0.4, 0.5) is 0 Å². The van der Waals surface area contributed by atoms with Crippen LogP contribution in [0.1, 0.15) is 16.5 Å². The predicted molar refractivity (Wildman–Crippen MR) is 94.9 cm³/mol. The highest BCUT2D eigenvalue weighted by atomic mass is 35.5. The summed E-state index contributed by atoms with van der Waals surface area (Å²) >= 11 is 1.71. The van der Waals surface area contributed by atoms with Crippen molar-refractivity contribution in [3.05, 3.63) is 46.2 Å². The van der Waals surface area contributed by atoms with Crippen LogP contribution in [0.5, 0.6) is 11.5 Å². The fourth-order valence-corrected chi connectivity index (χ4v) is 3.60. The Morgan fingerprint density at radius 2 is 1.68 bits per heavy atom. The van der Waals surface area contributed by atoms with Crippen molar-refractivity contribution in [2.45, 2.75) is 6.04 Å². The minimum absolute atomic E-state index is 0. The fourth-order valence-electron chi connectivity index (χ4n) is 2.72. The highest BCUT2D eigenvalue weighted by molar-refractivity contribution is 7.10. The summed E-state index contributed by atoms with van der Waals surface area (Å²) < 4.78 is 0. The van der Waals surface area contributed by atoms with Crippen LogP contribution in [0, 0.1) is 0 Å². The first-order chi connectivity index (χ1) is 9.74. The highest BCUT2D eigenvalue weighted by Gasteiger charge is 2.25. The first-order valence-corrected chi connectivity index (χ1v) is 7.63. The molecular weight excluding hydrogens is 343 g/mol. The lowest BCUT2D eigenvalue weighted by Gasteiger charge is -2.34. The second-order valence-electron chi connectivity index (χ2n) is 4.99. The molecule has 2 heterocycles. The molecule has 122 valence electrons. The zero-order valence-corrected chi connectivity index (χ0v) is 14.4. The molecule has 0 bridgehead atoms. The lowest BCUT2D eigenvalue weighted by atomic mass is 10.0. The average Bonchev–Trinajstić information content (AvgIpc) is 2.93. The summed E-state index contributed by atoms with van der Waals surface area (Å²) in [5.74, 6) is 0.216. The Bertz CT molecular complexity index is 555. The molecule has 1 aliphatic heterocycles. The summed E-state index contributed by atoms with van der Waals surface area (Å²) in [6, 6.07) is 9.09. The number of thiophene rings is 1. The number of hydrogen-bond donors (Lipinski definition) is 3. The van der Waals surface area contributed by atoms with Crippen LogP contribution >= 0.6 is 36.2 Å². The normalized spacial score (nSPS) is 16.4. The molecule has 1 atom stereocenters. The Labute approximate surface area is 146 Å². The summed E-state index contributed by atoms with van der Waals surface area (Å²) in [7, 11) is 0. The van der Waals surface area contributed by atoms with Gasteiger partial charge in [0.1, 0.15) is 11.5 Å². The molecule has 1 aromatic heterocycles. The van der Waals surface area contributed by atoms with Crippen LogP contribution in [0.25, 0.3) is 0 Å². The SMILES string of the molecule is Cl.Cl.Oc1cc(O)cc([C@H](c2cccs2)N2CCNCC2)c1. The largest absolute Gasteiger partial charge is 0.508 e. The summed E-state index contributed by atoms with van der Waals surface area (Å²) in [5, 5.41) is 24.9. The molecule has 3 rings (SSSR count). The lowest BCUT2D eigenvalue weighted by Crippen LogP contribution is -2.45. The molecule has 1 saturated heterocycles. The van der Waals surface area contributed by atoms with Gasteiger partial charge in [0.15, 0.2) is 0 Å². The third kappa shape index (κ3) is 4.27. The molecule has 1 fully saturated rings. The summed E-state index contributed by atoms with van der Waals surface area (Å²) in [6.45, 7) is 3.84. The fraction of sp³-hybridized carbons (Fsp3) is 0.333. The van der Waals surface area contributed by atoms with Crippen LogP contribution in [-0.2, 0) is 0 Å². The molecule has 0 spiro atoms. The van der Waals surface area contributed by atoms with Crippen molar-refractivity contribution in [3.63, 3.8) is 0 Å². The predicted octanol–water partition coefficient (Wildman–Crippen LogP) is 3.00. The highest BCUT2D eigenvalue weighted by Crippen LogP contribution is 2.35. The number of piperazine rings is 1. The van der Waals surface area contributed by atoms with Gasteiger partial charge in [-0.1, -0.05) is 6.07 Å². The second-order valence-corrected chi connectivity index (χ2v) is 5.97. The van der Waals surface area contributed by atoms with Gasteiger partial charge in [0, 0.05) is 37.1 Å². The monoisotopic (exact) mass is 362 g/mol. The van der Waals surface area contributed by atoms with E-state index in [9.17, 15) is 10.2 Å². The van der Waals surface area contributed by atoms with Crippen LogP contribution in [0.15, 0.2) is 35.7 Å². The van der Waals surface area contributed by atoms with Gasteiger partial charge in [-0.3, -0.25) is 4.90 Å². The molecule has 1 aromatic carbocycles. The van der Waals surface area contributed by atoms with Crippen molar-refractivity contribution in [2.24, 2.45) is 0 Å². The molecule has 4 nitrogen and oxygen atoms in total. The molecule has 2 aromatic rings. The van der Waals surface area contributed by atoms with E-state index in [0.717, 1.165) is 31.7 Å². The maximum absolute atomic E-state index is 9.75. The molecule has 3 N–H and O–H groups in total. The van der Waals surface area contributed by atoms with E-state index in [2.05, 4.69) is 21.7 Å². The zero-order chi connectivity index (χ0) is 13.9. The van der Waals surface area contributed by atoms with Gasteiger partial charge in [-0.15, -0.1) is 36.2 Å². The Kier molecular flexibility index (Phi) is 7.45.